The molecule has 32 N–H and O–H groups in total. The molecule has 4 aliphatic rings. The molecule has 4 bridgehead atoms. The predicted molar refractivity (Wildman–Crippen MR) is 482 cm³/mol. The van der Waals surface area contributed by atoms with E-state index in [2.05, 4.69) is 79.8 Å². The van der Waals surface area contributed by atoms with Crippen LogP contribution in [-0.2, 0) is 87.9 Å². The topological polar surface area (TPSA) is 755 Å². The number of primary amides is 1. The van der Waals surface area contributed by atoms with Gasteiger partial charge in [-0.1, -0.05) is 58.0 Å². The molecule has 0 saturated carbocycles. The minimum atomic E-state index is -1.74. The number of nitrogens with zero attached hydrogens (tertiary/aromatic N) is 4. The smallest absolute Gasteiger partial charge is 0.326 e. The first-order valence-electron chi connectivity index (χ1n) is 42.9. The molecule has 4 aliphatic heterocycles. The van der Waals surface area contributed by atoms with E-state index >= 15 is 28.8 Å². The van der Waals surface area contributed by atoms with Gasteiger partial charge in [-0.3, -0.25) is 98.3 Å². The number of guanidine groups is 4. The number of fused-ring (bicyclic) bond motifs is 8. The van der Waals surface area contributed by atoms with Gasteiger partial charge in [0, 0.05) is 99.3 Å². The average Bonchev–Trinajstić information content (AvgIpc) is 1.76. The molecule has 0 aliphatic carbocycles. The SMILES string of the molecule is CC(C)C[C@@H]1NC(=O)[C@H](CCC(N)=O)NC(=O)[C@H](CCCNC(=N)N)NC(=O)[C@@H]2CSCCC(=O)N3CN(CN(C3)C(=O)CCSC[C@@H](C(=O)N[C@@H](CCCNC(=N)N)C(=O)O)NC(=O)[C@H](CCCNC(=N)N)NC1=O)C(=O)CCSC[C@H](NC(=O)[C@H](C)N)C(=O)N[C@@H](Cc1ccccc1)C(=O)N[C@@H](CCCNC(=N)N)C(=O)N[C@@H](CC(C)C)C(=O)N1CCC[C@H]1C(=O)N2. The number of carboxylic acids is 1. The average molecular weight is 1870 g/mol. The summed E-state index contributed by atoms with van der Waals surface area (Å²) in [7, 11) is 0. The van der Waals surface area contributed by atoms with Gasteiger partial charge in [0.2, 0.25) is 94.5 Å². The van der Waals surface area contributed by atoms with Crippen molar-refractivity contribution in [2.24, 2.45) is 46.2 Å². The maximum absolute atomic E-state index is 15.3. The highest BCUT2D eigenvalue weighted by Crippen LogP contribution is 2.24. The molecule has 5 rings (SSSR count). The molecule has 13 atom stereocenters. The van der Waals surface area contributed by atoms with Crippen LogP contribution in [0, 0.1) is 33.5 Å². The molecule has 718 valence electrons. The zero-order chi connectivity index (χ0) is 95.6. The first kappa shape index (κ1) is 108. The van der Waals surface area contributed by atoms with Crippen LogP contribution in [0.2, 0.25) is 0 Å². The van der Waals surface area contributed by atoms with Gasteiger partial charge in [-0.15, -0.1) is 0 Å². The molecular weight excluding hydrogens is 1740 g/mol. The number of amides is 16. The Morgan fingerprint density at radius 1 is 0.488 bits per heavy atom. The molecule has 0 unspecified atom stereocenters. The Balaban J connectivity index is 1.73. The van der Waals surface area contributed by atoms with Gasteiger partial charge in [-0.2, -0.15) is 35.3 Å². The van der Waals surface area contributed by atoms with Crippen molar-refractivity contribution in [1.29, 1.82) is 21.6 Å². The number of hydrogen-bond donors (Lipinski definition) is 26. The lowest BCUT2D eigenvalue weighted by atomic mass is 10.0. The number of benzene rings is 1. The summed E-state index contributed by atoms with van der Waals surface area (Å²) in [4.78, 5) is 253. The Kier molecular flexibility index (Phi) is 46.7. The number of carbonyl (C=O) groups is 17. The first-order valence-corrected chi connectivity index (χ1v) is 46.4. The number of aliphatic carboxylic acids is 1. The van der Waals surface area contributed by atoms with Crippen LogP contribution in [0.3, 0.4) is 0 Å². The number of hydrogen-bond acceptors (Lipinski definition) is 25. The highest BCUT2D eigenvalue weighted by molar-refractivity contribution is 7.99. The maximum atomic E-state index is 15.3. The lowest BCUT2D eigenvalue weighted by Crippen LogP contribution is -2.61. The second-order valence-corrected chi connectivity index (χ2v) is 36.0. The van der Waals surface area contributed by atoms with E-state index in [9.17, 15) is 57.8 Å². The van der Waals surface area contributed by atoms with Crippen LogP contribution in [0.1, 0.15) is 149 Å². The van der Waals surface area contributed by atoms with E-state index in [0.29, 0.717) is 5.56 Å². The Morgan fingerprint density at radius 2 is 0.899 bits per heavy atom. The highest BCUT2D eigenvalue weighted by Gasteiger charge is 2.43. The lowest BCUT2D eigenvalue weighted by molar-refractivity contribution is -0.158. The summed E-state index contributed by atoms with van der Waals surface area (Å²) in [6.07, 6.45) is -3.00. The van der Waals surface area contributed by atoms with E-state index in [1.807, 2.05) is 0 Å². The van der Waals surface area contributed by atoms with E-state index in [-0.39, 0.29) is 176 Å². The molecule has 1 aromatic rings. The third kappa shape index (κ3) is 39.4. The van der Waals surface area contributed by atoms with Crippen molar-refractivity contribution in [3.63, 3.8) is 0 Å². The zero-order valence-electron chi connectivity index (χ0n) is 73.5. The van der Waals surface area contributed by atoms with Crippen LogP contribution in [-0.4, -0.2) is 315 Å². The molecule has 0 aromatic heterocycles. The third-order valence-corrected chi connectivity index (χ3v) is 24.0. The summed E-state index contributed by atoms with van der Waals surface area (Å²) >= 11 is 2.93. The predicted octanol–water partition coefficient (Wildman–Crippen LogP) is -6.84. The second kappa shape index (κ2) is 55.9. The molecule has 1 aromatic carbocycles. The van der Waals surface area contributed by atoms with Gasteiger partial charge in [0.1, 0.15) is 72.5 Å². The van der Waals surface area contributed by atoms with Gasteiger partial charge in [0.25, 0.3) is 0 Å². The zero-order valence-corrected chi connectivity index (χ0v) is 76.0. The van der Waals surface area contributed by atoms with Crippen LogP contribution in [0.4, 0.5) is 0 Å². The first-order chi connectivity index (χ1) is 61.1. The molecule has 4 heterocycles. The lowest BCUT2D eigenvalue weighted by Gasteiger charge is -2.42. The maximum Gasteiger partial charge on any atom is 0.326 e. The number of nitrogens with two attached hydrogens (primary N) is 6. The number of carboxylic acid groups (broad SMARTS) is 1. The van der Waals surface area contributed by atoms with Gasteiger partial charge >= 0.3 is 5.97 Å². The summed E-state index contributed by atoms with van der Waals surface area (Å²) in [6, 6.07) is -11.3. The van der Waals surface area contributed by atoms with Crippen molar-refractivity contribution in [1.82, 2.24) is 99.4 Å². The normalized spacial score (nSPS) is 23.8. The Hall–Kier alpha value is -11.7. The molecule has 0 radical (unpaired) electrons. The summed E-state index contributed by atoms with van der Waals surface area (Å²) in [6.45, 7) is 7.01. The number of carbonyl (C=O) groups excluding carboxylic acids is 16. The van der Waals surface area contributed by atoms with E-state index in [0.717, 1.165) is 35.3 Å². The Bertz CT molecular complexity index is 4080. The minimum Gasteiger partial charge on any atom is -0.480 e. The molecule has 0 spiro atoms. The Labute approximate surface area is 761 Å². The molecule has 16 amide bonds. The van der Waals surface area contributed by atoms with Crippen molar-refractivity contribution < 1.29 is 86.6 Å². The van der Waals surface area contributed by atoms with Crippen LogP contribution in [0.5, 0.6) is 0 Å². The summed E-state index contributed by atoms with van der Waals surface area (Å²) in [5.41, 5.74) is 34.5. The molecule has 4 fully saturated rings. The molecule has 4 saturated heterocycles. The number of thioether (sulfide) groups is 3. The van der Waals surface area contributed by atoms with Crippen LogP contribution in [0.25, 0.3) is 0 Å². The fourth-order valence-electron chi connectivity index (χ4n) is 14.0. The minimum absolute atomic E-state index is 0.00281. The Morgan fingerprint density at radius 3 is 1.36 bits per heavy atom. The van der Waals surface area contributed by atoms with E-state index in [1.165, 1.54) is 26.5 Å². The monoisotopic (exact) mass is 1870 g/mol. The van der Waals surface area contributed by atoms with Gasteiger partial charge in [-0.25, -0.2) is 4.79 Å². The third-order valence-electron chi connectivity index (χ3n) is 20.8. The number of rotatable bonds is 30. The van der Waals surface area contributed by atoms with Gasteiger partial charge < -0.3 is 139 Å². The van der Waals surface area contributed by atoms with E-state index in [4.69, 9.17) is 56.0 Å². The molecule has 50 heteroatoms. The fraction of sp³-hybridized carbons (Fsp3) is 0.658. The largest absolute Gasteiger partial charge is 0.480 e. The summed E-state index contributed by atoms with van der Waals surface area (Å²) in [5, 5.41) is 80.9. The van der Waals surface area contributed by atoms with Gasteiger partial charge in [-0.05, 0) is 108 Å². The molecule has 129 heavy (non-hydrogen) atoms. The van der Waals surface area contributed by atoms with Crippen molar-refractivity contribution in [2.45, 2.75) is 229 Å². The van der Waals surface area contributed by atoms with Crippen LogP contribution in [0.15, 0.2) is 30.3 Å². The fourth-order valence-corrected chi connectivity index (χ4v) is 16.9. The standard InChI is InChI=1S/C79H131N29O18S3/c1-43(2)34-52-68(118)94-49(18-11-28-92-78(86)87)66(116)103-56(71(121)98-51(75(125)126)19-12-29-93-79(88)89)38-128-32-24-61(111)106-40-105-41-107(42-106)62(112)25-33-129-39-57(70(120)96-47(16-9-26-90-76(82)83)64(114)97-50(67(117)99-52)21-22-59(81)109)104-73(123)58-20-13-30-108(58)74(124)54(35-44(3)4)101-65(115)48(17-10-27-91-77(84)85)95-69(119)53(36-46-14-7-6-8-15-46)100-72(122)55(102-63(113)45(5)80)37-127-31-23-60(105)110/h6-8,14-15,43-45,47-58H,9-13,16-42,80H2,1-5H3,(H2,81,109)(H,94,118)(H,95,119)(H,96,120)(H,97,114)(H,98,121)(H,99,117)(H,100,122)(H,101,115)(H,102,113)(H,103,116)(H,104,123)(H,125,126)(H4,82,83,90)(H4,84,85,91)(H4,86,87,92)(H4,88,89,93)/t45-,47-,48-,49-,50-,51-,52-,53-,54-,55-,56-,57-,58-/m0/s1. The highest BCUT2D eigenvalue weighted by atomic mass is 32.2. The van der Waals surface area contributed by atoms with Crippen LogP contribution >= 0.6 is 35.3 Å². The summed E-state index contributed by atoms with van der Waals surface area (Å²) < 4.78 is 0. The van der Waals surface area contributed by atoms with Crippen molar-refractivity contribution in [3.8, 4) is 0 Å². The molecular formula is C79H131N29O18S3. The van der Waals surface area contributed by atoms with Crippen molar-refractivity contribution in [3.05, 3.63) is 35.9 Å². The van der Waals surface area contributed by atoms with Gasteiger partial charge in [0.15, 0.2) is 23.8 Å². The van der Waals surface area contributed by atoms with Crippen molar-refractivity contribution in [2.75, 3.05) is 87.2 Å². The van der Waals surface area contributed by atoms with Crippen LogP contribution < -0.4 is 114 Å². The quantitative estimate of drug-likeness (QED) is 0.0193. The van der Waals surface area contributed by atoms with Crippen molar-refractivity contribution >= 4 is 160 Å². The number of nitrogens with one attached hydrogen (secondary N) is 19. The van der Waals surface area contributed by atoms with Gasteiger partial charge in [0.05, 0.1) is 26.0 Å². The van der Waals surface area contributed by atoms with E-state index in [1.54, 1.807) is 58.0 Å². The molecule has 47 nitrogen and oxygen atoms in total. The summed E-state index contributed by atoms with van der Waals surface area (Å²) in [5.74, 6) is -19.4. The van der Waals surface area contributed by atoms with E-state index < -0.39 is 242 Å². The second-order valence-electron chi connectivity index (χ2n) is 32.6.